The summed E-state index contributed by atoms with van der Waals surface area (Å²) in [5.74, 6) is 1.37. The van der Waals surface area contributed by atoms with Crippen molar-refractivity contribution in [1.29, 1.82) is 0 Å². The molecule has 2 rings (SSSR count). The summed E-state index contributed by atoms with van der Waals surface area (Å²) in [5.41, 5.74) is 9.53. The summed E-state index contributed by atoms with van der Waals surface area (Å²) in [6.07, 6.45) is 0.954. The quantitative estimate of drug-likeness (QED) is 0.823. The van der Waals surface area contributed by atoms with Gasteiger partial charge in [0.1, 0.15) is 5.75 Å². The summed E-state index contributed by atoms with van der Waals surface area (Å²) >= 11 is 0. The summed E-state index contributed by atoms with van der Waals surface area (Å²) in [7, 11) is 1.72. The third-order valence-corrected chi connectivity index (χ3v) is 3.50. The van der Waals surface area contributed by atoms with Gasteiger partial charge in [0.05, 0.1) is 7.11 Å². The monoisotopic (exact) mass is 243 g/mol. The lowest BCUT2D eigenvalue weighted by Crippen LogP contribution is -1.98. The summed E-state index contributed by atoms with van der Waals surface area (Å²) in [6.45, 7) is 6.47. The smallest absolute Gasteiger partial charge is 0.123 e. The lowest BCUT2D eigenvalue weighted by molar-refractivity contribution is 0.408. The number of methoxy groups -OCH3 is 1. The third-order valence-electron chi connectivity index (χ3n) is 3.50. The highest BCUT2D eigenvalue weighted by Crippen LogP contribution is 2.34. The Morgan fingerprint density at radius 1 is 1.22 bits per heavy atom. The van der Waals surface area contributed by atoms with Crippen LogP contribution in [0.1, 0.15) is 37.8 Å². The molecule has 0 saturated carbocycles. The highest BCUT2D eigenvalue weighted by molar-refractivity contribution is 5.96. The SMILES string of the molecule is CCc1ccc2cc(C(C)C)c(OC)cc2c1N. The Bertz CT molecular complexity index is 573. The fourth-order valence-corrected chi connectivity index (χ4v) is 2.37. The Balaban J connectivity index is 2.75. The van der Waals surface area contributed by atoms with Crippen LogP contribution in [0.2, 0.25) is 0 Å². The Kier molecular flexibility index (Phi) is 3.46. The van der Waals surface area contributed by atoms with Crippen molar-refractivity contribution >= 4 is 16.5 Å². The van der Waals surface area contributed by atoms with Crippen LogP contribution < -0.4 is 10.5 Å². The number of rotatable bonds is 3. The Hall–Kier alpha value is -1.70. The van der Waals surface area contributed by atoms with Gasteiger partial charge in [-0.1, -0.05) is 32.9 Å². The van der Waals surface area contributed by atoms with Crippen LogP contribution in [0.5, 0.6) is 5.75 Å². The third kappa shape index (κ3) is 2.03. The molecule has 0 aromatic heterocycles. The van der Waals surface area contributed by atoms with Crippen LogP contribution in [0.4, 0.5) is 5.69 Å². The molecule has 2 aromatic carbocycles. The predicted molar refractivity (Wildman–Crippen MR) is 78.4 cm³/mol. The molecular weight excluding hydrogens is 222 g/mol. The molecule has 0 fully saturated rings. The van der Waals surface area contributed by atoms with Crippen molar-refractivity contribution in [1.82, 2.24) is 0 Å². The number of anilines is 1. The van der Waals surface area contributed by atoms with E-state index in [1.165, 1.54) is 16.5 Å². The molecule has 2 heteroatoms. The van der Waals surface area contributed by atoms with E-state index in [4.69, 9.17) is 10.5 Å². The average molecular weight is 243 g/mol. The van der Waals surface area contributed by atoms with E-state index >= 15 is 0 Å². The fourth-order valence-electron chi connectivity index (χ4n) is 2.37. The summed E-state index contributed by atoms with van der Waals surface area (Å²) < 4.78 is 5.49. The van der Waals surface area contributed by atoms with Gasteiger partial charge in [-0.3, -0.25) is 0 Å². The zero-order valence-corrected chi connectivity index (χ0v) is 11.6. The number of nitrogens with two attached hydrogens (primary N) is 1. The zero-order valence-electron chi connectivity index (χ0n) is 11.6. The van der Waals surface area contributed by atoms with Gasteiger partial charge in [0, 0.05) is 11.1 Å². The number of nitrogen functional groups attached to an aromatic ring is 1. The topological polar surface area (TPSA) is 35.2 Å². The Labute approximate surface area is 109 Å². The fraction of sp³-hybridized carbons (Fsp3) is 0.375. The van der Waals surface area contributed by atoms with E-state index in [-0.39, 0.29) is 0 Å². The highest BCUT2D eigenvalue weighted by Gasteiger charge is 2.11. The molecule has 0 heterocycles. The van der Waals surface area contributed by atoms with Crippen LogP contribution >= 0.6 is 0 Å². The summed E-state index contributed by atoms with van der Waals surface area (Å²) in [4.78, 5) is 0. The maximum atomic E-state index is 6.22. The molecule has 96 valence electrons. The number of hydrogen-bond acceptors (Lipinski definition) is 2. The van der Waals surface area contributed by atoms with Crippen molar-refractivity contribution in [3.63, 3.8) is 0 Å². The molecule has 2 nitrogen and oxygen atoms in total. The van der Waals surface area contributed by atoms with E-state index in [1.54, 1.807) is 7.11 Å². The van der Waals surface area contributed by atoms with Gasteiger partial charge in [-0.15, -0.1) is 0 Å². The first kappa shape index (κ1) is 12.7. The summed E-state index contributed by atoms with van der Waals surface area (Å²) in [6, 6.07) is 8.53. The zero-order chi connectivity index (χ0) is 13.3. The van der Waals surface area contributed by atoms with Gasteiger partial charge >= 0.3 is 0 Å². The van der Waals surface area contributed by atoms with E-state index in [9.17, 15) is 0 Å². The molecule has 0 atom stereocenters. The molecule has 0 amide bonds. The van der Waals surface area contributed by atoms with Gasteiger partial charge in [-0.2, -0.15) is 0 Å². The average Bonchev–Trinajstić information content (AvgIpc) is 2.38. The Morgan fingerprint density at radius 3 is 2.50 bits per heavy atom. The van der Waals surface area contributed by atoms with Gasteiger partial charge in [-0.25, -0.2) is 0 Å². The molecule has 0 saturated heterocycles. The van der Waals surface area contributed by atoms with Gasteiger partial charge in [0.25, 0.3) is 0 Å². The van der Waals surface area contributed by atoms with Crippen molar-refractivity contribution in [3.8, 4) is 5.75 Å². The second kappa shape index (κ2) is 4.89. The second-order valence-corrected chi connectivity index (χ2v) is 4.96. The highest BCUT2D eigenvalue weighted by atomic mass is 16.5. The number of fused-ring (bicyclic) bond motifs is 1. The van der Waals surface area contributed by atoms with Gasteiger partial charge in [0.15, 0.2) is 0 Å². The van der Waals surface area contributed by atoms with Crippen LogP contribution in [0.3, 0.4) is 0 Å². The van der Waals surface area contributed by atoms with E-state index in [2.05, 4.69) is 45.0 Å². The predicted octanol–water partition coefficient (Wildman–Crippen LogP) is 4.12. The number of aryl methyl sites for hydroxylation is 1. The van der Waals surface area contributed by atoms with E-state index in [0.717, 1.165) is 23.2 Å². The van der Waals surface area contributed by atoms with Crippen LogP contribution in [0, 0.1) is 0 Å². The normalized spacial score (nSPS) is 11.2. The second-order valence-electron chi connectivity index (χ2n) is 4.96. The van der Waals surface area contributed by atoms with E-state index < -0.39 is 0 Å². The van der Waals surface area contributed by atoms with Crippen molar-refractivity contribution < 1.29 is 4.74 Å². The molecule has 0 bridgehead atoms. The largest absolute Gasteiger partial charge is 0.496 e. The van der Waals surface area contributed by atoms with E-state index in [0.29, 0.717) is 5.92 Å². The van der Waals surface area contributed by atoms with Gasteiger partial charge in [0.2, 0.25) is 0 Å². The first-order valence-electron chi connectivity index (χ1n) is 6.47. The molecular formula is C16H21NO. The lowest BCUT2D eigenvalue weighted by atomic mass is 9.95. The molecule has 0 unspecified atom stereocenters. The van der Waals surface area contributed by atoms with Crippen molar-refractivity contribution in [2.24, 2.45) is 0 Å². The molecule has 0 spiro atoms. The first-order valence-corrected chi connectivity index (χ1v) is 6.47. The van der Waals surface area contributed by atoms with Crippen LogP contribution in [-0.4, -0.2) is 7.11 Å². The molecule has 2 aromatic rings. The first-order chi connectivity index (χ1) is 8.58. The van der Waals surface area contributed by atoms with Crippen LogP contribution in [0.15, 0.2) is 24.3 Å². The maximum absolute atomic E-state index is 6.22. The van der Waals surface area contributed by atoms with Gasteiger partial charge < -0.3 is 10.5 Å². The standard InChI is InChI=1S/C16H21NO/c1-5-11-6-7-12-8-13(10(2)3)15(18-4)9-14(12)16(11)17/h6-10H,5,17H2,1-4H3. The van der Waals surface area contributed by atoms with Crippen LogP contribution in [0.25, 0.3) is 10.8 Å². The van der Waals surface area contributed by atoms with Gasteiger partial charge in [-0.05, 0) is 41.0 Å². The minimum Gasteiger partial charge on any atom is -0.496 e. The molecule has 0 aliphatic carbocycles. The van der Waals surface area contributed by atoms with E-state index in [1.807, 2.05) is 0 Å². The van der Waals surface area contributed by atoms with Crippen molar-refractivity contribution in [2.75, 3.05) is 12.8 Å². The minimum absolute atomic E-state index is 0.441. The number of ether oxygens (including phenoxy) is 1. The van der Waals surface area contributed by atoms with Crippen LogP contribution in [-0.2, 0) is 6.42 Å². The molecule has 0 aliphatic heterocycles. The molecule has 0 aliphatic rings. The maximum Gasteiger partial charge on any atom is 0.123 e. The molecule has 2 N–H and O–H groups in total. The van der Waals surface area contributed by atoms with Crippen molar-refractivity contribution in [3.05, 3.63) is 35.4 Å². The summed E-state index contributed by atoms with van der Waals surface area (Å²) in [5, 5.41) is 2.28. The number of benzene rings is 2. The molecule has 18 heavy (non-hydrogen) atoms. The minimum atomic E-state index is 0.441. The molecule has 0 radical (unpaired) electrons. The number of hydrogen-bond donors (Lipinski definition) is 1. The lowest BCUT2D eigenvalue weighted by Gasteiger charge is -2.15. The Morgan fingerprint density at radius 2 is 1.94 bits per heavy atom. The van der Waals surface area contributed by atoms with Crippen molar-refractivity contribution in [2.45, 2.75) is 33.1 Å².